The van der Waals surface area contributed by atoms with Gasteiger partial charge in [-0.3, -0.25) is 14.6 Å². The molecule has 0 aromatic carbocycles. The standard InChI is InChI=1S/C18H22N4O3/c1-13(24)21-16-11-20-14(12-23)10-15(16)17(4-7-19)22-8-5-18(2,25-3)6-9-22/h4,10-12H,5-6,8-9H2,1-3H3,(H,21,24)/b17-4-. The molecule has 0 atom stereocenters. The number of piperidine rings is 1. The lowest BCUT2D eigenvalue weighted by Gasteiger charge is -2.40. The van der Waals surface area contributed by atoms with Crippen LogP contribution in [0.3, 0.4) is 0 Å². The Bertz CT molecular complexity index is 728. The number of nitrogens with one attached hydrogen (secondary N) is 1. The van der Waals surface area contributed by atoms with Crippen LogP contribution in [0.1, 0.15) is 42.7 Å². The molecule has 0 spiro atoms. The molecular weight excluding hydrogens is 320 g/mol. The zero-order valence-corrected chi connectivity index (χ0v) is 14.7. The average Bonchev–Trinajstić information content (AvgIpc) is 2.61. The molecule has 1 aliphatic rings. The van der Waals surface area contributed by atoms with Crippen LogP contribution in [0.4, 0.5) is 5.69 Å². The molecular formula is C18H22N4O3. The number of nitriles is 1. The second-order valence-corrected chi connectivity index (χ2v) is 6.25. The molecule has 132 valence electrons. The van der Waals surface area contributed by atoms with Crippen LogP contribution in [0, 0.1) is 11.3 Å². The molecule has 0 radical (unpaired) electrons. The third kappa shape index (κ3) is 4.43. The van der Waals surface area contributed by atoms with Gasteiger partial charge in [-0.15, -0.1) is 0 Å². The van der Waals surface area contributed by atoms with E-state index in [1.807, 2.05) is 0 Å². The van der Waals surface area contributed by atoms with E-state index in [0.29, 0.717) is 36.3 Å². The topological polar surface area (TPSA) is 95.3 Å². The van der Waals surface area contributed by atoms with E-state index in [-0.39, 0.29) is 17.2 Å². The van der Waals surface area contributed by atoms with Crippen molar-refractivity contribution in [1.29, 1.82) is 5.26 Å². The fourth-order valence-corrected chi connectivity index (χ4v) is 2.86. The number of aldehydes is 1. The normalized spacial score (nSPS) is 16.9. The number of anilines is 1. The van der Waals surface area contributed by atoms with Gasteiger partial charge < -0.3 is 15.0 Å². The molecule has 1 aromatic heterocycles. The van der Waals surface area contributed by atoms with Gasteiger partial charge in [0.2, 0.25) is 5.91 Å². The first-order valence-corrected chi connectivity index (χ1v) is 8.05. The van der Waals surface area contributed by atoms with Crippen LogP contribution < -0.4 is 5.32 Å². The maximum absolute atomic E-state index is 11.5. The van der Waals surface area contributed by atoms with Crippen molar-refractivity contribution in [2.75, 3.05) is 25.5 Å². The minimum atomic E-state index is -0.246. The number of ether oxygens (including phenoxy) is 1. The van der Waals surface area contributed by atoms with Crippen LogP contribution in [-0.2, 0) is 9.53 Å². The molecule has 0 aliphatic carbocycles. The molecule has 1 aromatic rings. The van der Waals surface area contributed by atoms with E-state index in [1.165, 1.54) is 19.2 Å². The average molecular weight is 342 g/mol. The number of hydrogen-bond donors (Lipinski definition) is 1. The number of methoxy groups -OCH3 is 1. The maximum Gasteiger partial charge on any atom is 0.221 e. The Kier molecular flexibility index (Phi) is 5.88. The lowest BCUT2D eigenvalue weighted by molar-refractivity contribution is -0.114. The summed E-state index contributed by atoms with van der Waals surface area (Å²) in [5.41, 5.74) is 1.80. The van der Waals surface area contributed by atoms with Crippen LogP contribution in [-0.4, -0.2) is 47.9 Å². The highest BCUT2D eigenvalue weighted by Gasteiger charge is 2.31. The zero-order valence-electron chi connectivity index (χ0n) is 14.7. The SMILES string of the molecule is COC1(C)CCN(/C(=C\C#N)c2cc(C=O)ncc2NC(C)=O)CC1. The van der Waals surface area contributed by atoms with Crippen molar-refractivity contribution in [3.63, 3.8) is 0 Å². The Hall–Kier alpha value is -2.72. The van der Waals surface area contributed by atoms with Gasteiger partial charge in [-0.2, -0.15) is 5.26 Å². The van der Waals surface area contributed by atoms with Gasteiger partial charge in [0.15, 0.2) is 6.29 Å². The second-order valence-electron chi connectivity index (χ2n) is 6.25. The maximum atomic E-state index is 11.5. The Labute approximate surface area is 147 Å². The highest BCUT2D eigenvalue weighted by Crippen LogP contribution is 2.33. The smallest absolute Gasteiger partial charge is 0.221 e. The summed E-state index contributed by atoms with van der Waals surface area (Å²) in [6, 6.07) is 3.65. The lowest BCUT2D eigenvalue weighted by Crippen LogP contribution is -2.42. The minimum Gasteiger partial charge on any atom is -0.378 e. The molecule has 7 nitrogen and oxygen atoms in total. The summed E-state index contributed by atoms with van der Waals surface area (Å²) in [5.74, 6) is -0.246. The molecule has 7 heteroatoms. The molecule has 0 saturated carbocycles. The lowest BCUT2D eigenvalue weighted by atomic mass is 9.92. The van der Waals surface area contributed by atoms with Crippen molar-refractivity contribution >= 4 is 23.6 Å². The molecule has 1 N–H and O–H groups in total. The van der Waals surface area contributed by atoms with Crippen molar-refractivity contribution in [3.8, 4) is 6.07 Å². The molecule has 1 saturated heterocycles. The summed E-state index contributed by atoms with van der Waals surface area (Å²) >= 11 is 0. The van der Waals surface area contributed by atoms with Crippen LogP contribution in [0.15, 0.2) is 18.3 Å². The summed E-state index contributed by atoms with van der Waals surface area (Å²) in [5, 5.41) is 11.9. The molecule has 25 heavy (non-hydrogen) atoms. The first kappa shape index (κ1) is 18.6. The van der Waals surface area contributed by atoms with Crippen LogP contribution in [0.2, 0.25) is 0 Å². The summed E-state index contributed by atoms with van der Waals surface area (Å²) in [4.78, 5) is 28.7. The van der Waals surface area contributed by atoms with E-state index in [0.717, 1.165) is 12.8 Å². The zero-order chi connectivity index (χ0) is 18.4. The van der Waals surface area contributed by atoms with Crippen LogP contribution >= 0.6 is 0 Å². The second kappa shape index (κ2) is 7.90. The van der Waals surface area contributed by atoms with E-state index in [9.17, 15) is 14.9 Å². The number of nitrogens with zero attached hydrogens (tertiary/aromatic N) is 3. The highest BCUT2D eigenvalue weighted by atomic mass is 16.5. The molecule has 1 fully saturated rings. The van der Waals surface area contributed by atoms with Gasteiger partial charge in [-0.25, -0.2) is 0 Å². The van der Waals surface area contributed by atoms with Crippen molar-refractivity contribution in [3.05, 3.63) is 29.6 Å². The number of rotatable bonds is 5. The Morgan fingerprint density at radius 1 is 1.48 bits per heavy atom. The number of allylic oxidation sites excluding steroid dienone is 1. The summed E-state index contributed by atoms with van der Waals surface area (Å²) in [7, 11) is 1.70. The number of pyridine rings is 1. The fourth-order valence-electron chi connectivity index (χ4n) is 2.86. The van der Waals surface area contributed by atoms with Gasteiger partial charge in [0.05, 0.1) is 29.3 Å². The molecule has 1 aliphatic heterocycles. The predicted molar refractivity (Wildman–Crippen MR) is 93.7 cm³/mol. The van der Waals surface area contributed by atoms with E-state index in [4.69, 9.17) is 4.74 Å². The van der Waals surface area contributed by atoms with E-state index in [1.54, 1.807) is 13.2 Å². The monoisotopic (exact) mass is 342 g/mol. The quantitative estimate of drug-likeness (QED) is 0.651. The number of aromatic nitrogens is 1. The van der Waals surface area contributed by atoms with E-state index < -0.39 is 0 Å². The first-order valence-electron chi connectivity index (χ1n) is 8.05. The van der Waals surface area contributed by atoms with Gasteiger partial charge in [0.25, 0.3) is 0 Å². The first-order chi connectivity index (χ1) is 11.9. The van der Waals surface area contributed by atoms with Crippen LogP contribution in [0.25, 0.3) is 5.70 Å². The van der Waals surface area contributed by atoms with Gasteiger partial charge in [0.1, 0.15) is 5.69 Å². The van der Waals surface area contributed by atoms with Crippen LogP contribution in [0.5, 0.6) is 0 Å². The number of hydrogen-bond acceptors (Lipinski definition) is 6. The summed E-state index contributed by atoms with van der Waals surface area (Å²) < 4.78 is 5.56. The Morgan fingerprint density at radius 2 is 2.16 bits per heavy atom. The number of amides is 1. The van der Waals surface area contributed by atoms with Gasteiger partial charge >= 0.3 is 0 Å². The largest absolute Gasteiger partial charge is 0.378 e. The predicted octanol–water partition coefficient (Wildman–Crippen LogP) is 2.22. The Morgan fingerprint density at radius 3 is 2.68 bits per heavy atom. The number of carbonyl (C=O) groups excluding carboxylic acids is 2. The number of carbonyl (C=O) groups is 2. The minimum absolute atomic E-state index is 0.180. The van der Waals surface area contributed by atoms with E-state index >= 15 is 0 Å². The van der Waals surface area contributed by atoms with Crippen molar-refractivity contribution in [2.45, 2.75) is 32.3 Å². The van der Waals surface area contributed by atoms with Gasteiger partial charge in [0, 0.05) is 38.8 Å². The van der Waals surface area contributed by atoms with Crippen molar-refractivity contribution < 1.29 is 14.3 Å². The number of likely N-dealkylation sites (tertiary alicyclic amines) is 1. The molecule has 0 bridgehead atoms. The summed E-state index contributed by atoms with van der Waals surface area (Å²) in [6.07, 6.45) is 5.14. The van der Waals surface area contributed by atoms with Crippen molar-refractivity contribution in [1.82, 2.24) is 9.88 Å². The molecule has 1 amide bonds. The van der Waals surface area contributed by atoms with Gasteiger partial charge in [-0.1, -0.05) is 0 Å². The molecule has 2 heterocycles. The van der Waals surface area contributed by atoms with E-state index in [2.05, 4.69) is 28.2 Å². The molecule has 0 unspecified atom stereocenters. The third-order valence-corrected chi connectivity index (χ3v) is 4.49. The third-order valence-electron chi connectivity index (χ3n) is 4.49. The molecule has 2 rings (SSSR count). The Balaban J connectivity index is 2.41. The van der Waals surface area contributed by atoms with Gasteiger partial charge in [-0.05, 0) is 25.8 Å². The fraction of sp³-hybridized carbons (Fsp3) is 0.444. The summed E-state index contributed by atoms with van der Waals surface area (Å²) in [6.45, 7) is 4.87. The van der Waals surface area contributed by atoms with Crippen molar-refractivity contribution in [2.24, 2.45) is 0 Å². The highest BCUT2D eigenvalue weighted by molar-refractivity contribution is 5.93.